The fraction of sp³-hybridized carbons (Fsp3) is 1.00. The predicted molar refractivity (Wildman–Crippen MR) is 64.3 cm³/mol. The van der Waals surface area contributed by atoms with Crippen LogP contribution in [0.2, 0.25) is 0 Å². The first kappa shape index (κ1) is 14.9. The second-order valence-corrected chi connectivity index (χ2v) is 3.84. The Kier molecular flexibility index (Phi) is 11.9. The van der Waals surface area contributed by atoms with Crippen LogP contribution in [0.1, 0.15) is 33.1 Å². The van der Waals surface area contributed by atoms with Crippen molar-refractivity contribution in [1.82, 2.24) is 5.32 Å². The number of hydrogen-bond acceptors (Lipinski definition) is 3. The van der Waals surface area contributed by atoms with Crippen LogP contribution < -0.4 is 5.32 Å². The standard InChI is InChI=1S/C12H27NO2/c1-4-6-12(7-9-15-5-2)11-13-8-10-14-3/h12-13H,4-11H2,1-3H3. The summed E-state index contributed by atoms with van der Waals surface area (Å²) < 4.78 is 10.4. The summed E-state index contributed by atoms with van der Waals surface area (Å²) in [6.45, 7) is 8.84. The minimum Gasteiger partial charge on any atom is -0.383 e. The summed E-state index contributed by atoms with van der Waals surface area (Å²) in [6, 6.07) is 0. The van der Waals surface area contributed by atoms with Gasteiger partial charge in [-0.2, -0.15) is 0 Å². The molecule has 3 nitrogen and oxygen atoms in total. The fourth-order valence-corrected chi connectivity index (χ4v) is 1.63. The molecule has 0 bridgehead atoms. The van der Waals surface area contributed by atoms with E-state index >= 15 is 0 Å². The maximum Gasteiger partial charge on any atom is 0.0587 e. The smallest absolute Gasteiger partial charge is 0.0587 e. The van der Waals surface area contributed by atoms with Crippen molar-refractivity contribution in [2.75, 3.05) is 40.0 Å². The van der Waals surface area contributed by atoms with E-state index in [2.05, 4.69) is 12.2 Å². The lowest BCUT2D eigenvalue weighted by Crippen LogP contribution is -2.26. The molecule has 1 N–H and O–H groups in total. The largest absolute Gasteiger partial charge is 0.383 e. The quantitative estimate of drug-likeness (QED) is 0.537. The third-order valence-corrected chi connectivity index (χ3v) is 2.49. The molecule has 0 amide bonds. The molecule has 0 radical (unpaired) electrons. The van der Waals surface area contributed by atoms with Crippen molar-refractivity contribution in [3.63, 3.8) is 0 Å². The Labute approximate surface area is 94.5 Å². The maximum atomic E-state index is 5.39. The fourth-order valence-electron chi connectivity index (χ4n) is 1.63. The van der Waals surface area contributed by atoms with Gasteiger partial charge in [0.05, 0.1) is 6.61 Å². The highest BCUT2D eigenvalue weighted by atomic mass is 16.5. The van der Waals surface area contributed by atoms with Gasteiger partial charge >= 0.3 is 0 Å². The van der Waals surface area contributed by atoms with Gasteiger partial charge in [0.1, 0.15) is 0 Å². The van der Waals surface area contributed by atoms with E-state index in [1.807, 2.05) is 6.92 Å². The van der Waals surface area contributed by atoms with Crippen molar-refractivity contribution < 1.29 is 9.47 Å². The minimum atomic E-state index is 0.749. The summed E-state index contributed by atoms with van der Waals surface area (Å²) in [4.78, 5) is 0. The van der Waals surface area contributed by atoms with Gasteiger partial charge in [-0.15, -0.1) is 0 Å². The van der Waals surface area contributed by atoms with Crippen molar-refractivity contribution in [2.45, 2.75) is 33.1 Å². The molecule has 1 atom stereocenters. The number of hydrogen-bond donors (Lipinski definition) is 1. The summed E-state index contributed by atoms with van der Waals surface area (Å²) in [5.74, 6) is 0.749. The van der Waals surface area contributed by atoms with Crippen LogP contribution in [-0.2, 0) is 9.47 Å². The molecule has 0 aliphatic rings. The zero-order chi connectivity index (χ0) is 11.4. The van der Waals surface area contributed by atoms with Gasteiger partial charge in [-0.1, -0.05) is 13.3 Å². The van der Waals surface area contributed by atoms with Crippen LogP contribution in [0, 0.1) is 5.92 Å². The molecular weight excluding hydrogens is 190 g/mol. The summed E-state index contributed by atoms with van der Waals surface area (Å²) in [6.07, 6.45) is 3.71. The lowest BCUT2D eigenvalue weighted by molar-refractivity contribution is 0.129. The van der Waals surface area contributed by atoms with Crippen LogP contribution in [0.5, 0.6) is 0 Å². The average Bonchev–Trinajstić information content (AvgIpc) is 2.24. The molecule has 0 aromatic rings. The van der Waals surface area contributed by atoms with E-state index in [1.165, 1.54) is 19.3 Å². The molecular formula is C12H27NO2. The third kappa shape index (κ3) is 10.2. The van der Waals surface area contributed by atoms with Gasteiger partial charge in [0.2, 0.25) is 0 Å². The molecule has 0 saturated heterocycles. The molecule has 0 aliphatic heterocycles. The Bertz CT molecular complexity index is 120. The topological polar surface area (TPSA) is 30.5 Å². The van der Waals surface area contributed by atoms with Gasteiger partial charge in [0.25, 0.3) is 0 Å². The Morgan fingerprint density at radius 3 is 2.53 bits per heavy atom. The van der Waals surface area contributed by atoms with Crippen LogP contribution in [0.3, 0.4) is 0 Å². The van der Waals surface area contributed by atoms with E-state index in [0.717, 1.165) is 38.8 Å². The highest BCUT2D eigenvalue weighted by molar-refractivity contribution is 4.62. The van der Waals surface area contributed by atoms with Gasteiger partial charge in [0, 0.05) is 26.9 Å². The normalized spacial score (nSPS) is 13.0. The molecule has 0 rings (SSSR count). The van der Waals surface area contributed by atoms with Crippen molar-refractivity contribution in [3.05, 3.63) is 0 Å². The SMILES string of the molecule is CCCC(CCOCC)CNCCOC. The molecule has 0 aromatic carbocycles. The number of rotatable bonds is 11. The van der Waals surface area contributed by atoms with E-state index in [4.69, 9.17) is 9.47 Å². The second-order valence-electron chi connectivity index (χ2n) is 3.84. The summed E-state index contributed by atoms with van der Waals surface area (Å²) in [5, 5.41) is 3.42. The van der Waals surface area contributed by atoms with Gasteiger partial charge in [0.15, 0.2) is 0 Å². The molecule has 0 heterocycles. The molecule has 92 valence electrons. The van der Waals surface area contributed by atoms with Crippen LogP contribution >= 0.6 is 0 Å². The van der Waals surface area contributed by atoms with Crippen LogP contribution in [0.15, 0.2) is 0 Å². The Hall–Kier alpha value is -0.120. The zero-order valence-corrected chi connectivity index (χ0v) is 10.6. The number of ether oxygens (including phenoxy) is 2. The monoisotopic (exact) mass is 217 g/mol. The van der Waals surface area contributed by atoms with E-state index in [-0.39, 0.29) is 0 Å². The summed E-state index contributed by atoms with van der Waals surface area (Å²) in [7, 11) is 1.74. The van der Waals surface area contributed by atoms with Gasteiger partial charge in [-0.3, -0.25) is 0 Å². The molecule has 1 unspecified atom stereocenters. The molecule has 15 heavy (non-hydrogen) atoms. The van der Waals surface area contributed by atoms with Gasteiger partial charge in [-0.25, -0.2) is 0 Å². The van der Waals surface area contributed by atoms with Crippen molar-refractivity contribution in [3.8, 4) is 0 Å². The molecule has 3 heteroatoms. The van der Waals surface area contributed by atoms with E-state index < -0.39 is 0 Å². The second kappa shape index (κ2) is 12.0. The molecule has 0 aliphatic carbocycles. The van der Waals surface area contributed by atoms with Crippen molar-refractivity contribution in [1.29, 1.82) is 0 Å². The first-order valence-corrected chi connectivity index (χ1v) is 6.12. The molecule has 0 saturated carbocycles. The number of nitrogens with one attached hydrogen (secondary N) is 1. The predicted octanol–water partition coefficient (Wildman–Crippen LogP) is 2.07. The van der Waals surface area contributed by atoms with E-state index in [1.54, 1.807) is 7.11 Å². The van der Waals surface area contributed by atoms with Gasteiger partial charge < -0.3 is 14.8 Å². The first-order chi connectivity index (χ1) is 7.35. The van der Waals surface area contributed by atoms with Crippen LogP contribution in [0.4, 0.5) is 0 Å². The summed E-state index contributed by atoms with van der Waals surface area (Å²) in [5.41, 5.74) is 0. The highest BCUT2D eigenvalue weighted by Gasteiger charge is 2.06. The molecule has 0 aromatic heterocycles. The lowest BCUT2D eigenvalue weighted by atomic mass is 10.0. The third-order valence-electron chi connectivity index (χ3n) is 2.49. The Morgan fingerprint density at radius 2 is 1.93 bits per heavy atom. The van der Waals surface area contributed by atoms with Crippen LogP contribution in [0.25, 0.3) is 0 Å². The van der Waals surface area contributed by atoms with Crippen molar-refractivity contribution >= 4 is 0 Å². The maximum absolute atomic E-state index is 5.39. The molecule has 0 spiro atoms. The molecule has 0 fully saturated rings. The average molecular weight is 217 g/mol. The minimum absolute atomic E-state index is 0.749. The van der Waals surface area contributed by atoms with Crippen molar-refractivity contribution in [2.24, 2.45) is 5.92 Å². The Morgan fingerprint density at radius 1 is 1.13 bits per heavy atom. The summed E-state index contributed by atoms with van der Waals surface area (Å²) >= 11 is 0. The highest BCUT2D eigenvalue weighted by Crippen LogP contribution is 2.10. The lowest BCUT2D eigenvalue weighted by Gasteiger charge is -2.16. The van der Waals surface area contributed by atoms with E-state index in [0.29, 0.717) is 0 Å². The zero-order valence-electron chi connectivity index (χ0n) is 10.6. The number of methoxy groups -OCH3 is 1. The first-order valence-electron chi connectivity index (χ1n) is 6.12. The Balaban J connectivity index is 3.44. The van der Waals surface area contributed by atoms with Gasteiger partial charge in [-0.05, 0) is 32.2 Å². The van der Waals surface area contributed by atoms with Crippen LogP contribution in [-0.4, -0.2) is 40.0 Å². The van der Waals surface area contributed by atoms with E-state index in [9.17, 15) is 0 Å².